The molecule has 1 aliphatic heterocycles. The van der Waals surface area contributed by atoms with E-state index in [1.54, 1.807) is 29.6 Å². The Labute approximate surface area is 232 Å². The monoisotopic (exact) mass is 592 g/mol. The Kier molecular flexibility index (Phi) is 8.35. The van der Waals surface area contributed by atoms with E-state index in [1.807, 2.05) is 5.32 Å². The van der Waals surface area contributed by atoms with Crippen molar-refractivity contribution >= 4 is 58.0 Å². The van der Waals surface area contributed by atoms with Gasteiger partial charge in [-0.1, -0.05) is 18.2 Å². The summed E-state index contributed by atoms with van der Waals surface area (Å²) >= 11 is 1.37. The lowest BCUT2D eigenvalue weighted by Gasteiger charge is -2.10. The number of methoxy groups -OCH3 is 1. The molecule has 0 fully saturated rings. The first kappa shape index (κ1) is 28.5. The third kappa shape index (κ3) is 6.38. The molecule has 0 atom stereocenters. The fraction of sp³-hybridized carbons (Fsp3) is 0.160. The lowest BCUT2D eigenvalue weighted by Crippen LogP contribution is -2.31. The number of anilines is 1. The fourth-order valence-corrected chi connectivity index (χ4v) is 5.29. The van der Waals surface area contributed by atoms with Crippen LogP contribution in [-0.4, -0.2) is 36.7 Å². The lowest BCUT2D eigenvalue weighted by molar-refractivity contribution is -0.137. The van der Waals surface area contributed by atoms with E-state index >= 15 is 0 Å². The number of thiophene rings is 2. The summed E-state index contributed by atoms with van der Waals surface area (Å²) in [6.45, 7) is -0.0725. The molecule has 208 valence electrons. The van der Waals surface area contributed by atoms with Gasteiger partial charge < -0.3 is 26.0 Å². The Morgan fingerprint density at radius 1 is 1.07 bits per heavy atom. The summed E-state index contributed by atoms with van der Waals surface area (Å²) < 4.78 is 45.9. The first-order valence-electron chi connectivity index (χ1n) is 11.3. The number of fused-ring (bicyclic) bond motifs is 1. The molecule has 4 rings (SSSR count). The van der Waals surface area contributed by atoms with Crippen molar-refractivity contribution in [3.63, 3.8) is 0 Å². The number of hydrogen-bond donors (Lipinski definition) is 4. The number of carbonyl (C=O) groups excluding carboxylic acids is 5. The number of hydrogen-bond acceptors (Lipinski definition) is 8. The first-order chi connectivity index (χ1) is 19.0. The maximum Gasteiger partial charge on any atom is 0.418 e. The van der Waals surface area contributed by atoms with Gasteiger partial charge >= 0.3 is 12.1 Å². The molecule has 2 aromatic heterocycles. The van der Waals surface area contributed by atoms with Crippen molar-refractivity contribution in [1.82, 2.24) is 16.0 Å². The molecule has 40 heavy (non-hydrogen) atoms. The SMILES string of the molecule is COC(=O)/C(=C\NC(=O)c1cccs1)NC(=O)c1sc(C(=O)NCc2cccc3c2CC(=O)N3)cc1C(F)(F)F. The molecule has 0 saturated carbocycles. The van der Waals surface area contributed by atoms with Crippen LogP contribution in [0.2, 0.25) is 0 Å². The molecule has 4 N–H and O–H groups in total. The topological polar surface area (TPSA) is 143 Å². The second-order valence-corrected chi connectivity index (χ2v) is 10.2. The minimum absolute atomic E-state index is 0.0725. The van der Waals surface area contributed by atoms with Gasteiger partial charge in [0.2, 0.25) is 5.91 Å². The van der Waals surface area contributed by atoms with E-state index in [0.717, 1.165) is 24.6 Å². The molecule has 1 aromatic carbocycles. The van der Waals surface area contributed by atoms with Crippen LogP contribution in [0.3, 0.4) is 0 Å². The van der Waals surface area contributed by atoms with E-state index in [2.05, 4.69) is 20.7 Å². The Morgan fingerprint density at radius 3 is 2.52 bits per heavy atom. The number of amides is 4. The number of rotatable bonds is 8. The van der Waals surface area contributed by atoms with Crippen molar-refractivity contribution < 1.29 is 41.9 Å². The van der Waals surface area contributed by atoms with Crippen LogP contribution in [0.25, 0.3) is 0 Å². The van der Waals surface area contributed by atoms with Crippen molar-refractivity contribution in [2.24, 2.45) is 0 Å². The summed E-state index contributed by atoms with van der Waals surface area (Å²) in [6, 6.07) is 8.67. The molecule has 1 aliphatic rings. The van der Waals surface area contributed by atoms with E-state index < -0.39 is 50.9 Å². The highest BCUT2D eigenvalue weighted by molar-refractivity contribution is 7.16. The Morgan fingerprint density at radius 2 is 1.85 bits per heavy atom. The maximum atomic E-state index is 13.8. The van der Waals surface area contributed by atoms with Crippen LogP contribution in [0.1, 0.15) is 45.7 Å². The number of ether oxygens (including phenoxy) is 1. The summed E-state index contributed by atoms with van der Waals surface area (Å²) in [5, 5.41) is 11.1. The second kappa shape index (κ2) is 11.7. The molecule has 10 nitrogen and oxygen atoms in total. The van der Waals surface area contributed by atoms with Gasteiger partial charge in [0.25, 0.3) is 17.7 Å². The van der Waals surface area contributed by atoms with Crippen LogP contribution >= 0.6 is 22.7 Å². The van der Waals surface area contributed by atoms with Gasteiger partial charge in [0.05, 0.1) is 28.8 Å². The Balaban J connectivity index is 1.53. The number of alkyl halides is 3. The quantitative estimate of drug-likeness (QED) is 0.233. The van der Waals surface area contributed by atoms with Gasteiger partial charge in [0.15, 0.2) is 0 Å². The van der Waals surface area contributed by atoms with E-state index in [4.69, 9.17) is 0 Å². The van der Waals surface area contributed by atoms with Gasteiger partial charge in [0.1, 0.15) is 10.6 Å². The average Bonchev–Trinajstić information content (AvgIpc) is 3.67. The summed E-state index contributed by atoms with van der Waals surface area (Å²) in [6.07, 6.45) is -4.10. The molecule has 0 radical (unpaired) electrons. The molecule has 0 unspecified atom stereocenters. The standard InChI is InChI=1S/C25H19F3N4O6S2/c1-38-24(37)16(11-30-21(34)17-6-3-7-39-17)32-23(36)20-14(25(26,27)28)9-18(40-20)22(35)29-10-12-4-2-5-15-13(12)8-19(33)31-15/h2-7,9,11H,8,10H2,1H3,(H,29,35)(H,30,34)(H,31,33)(H,32,36)/b16-11+. The van der Waals surface area contributed by atoms with Crippen molar-refractivity contribution in [2.45, 2.75) is 19.1 Å². The largest absolute Gasteiger partial charge is 0.464 e. The fourth-order valence-electron chi connectivity index (χ4n) is 3.68. The molecule has 15 heteroatoms. The molecule has 0 aliphatic carbocycles. The van der Waals surface area contributed by atoms with Crippen molar-refractivity contribution in [3.8, 4) is 0 Å². The van der Waals surface area contributed by atoms with Gasteiger partial charge in [-0.05, 0) is 34.7 Å². The lowest BCUT2D eigenvalue weighted by atomic mass is 10.0. The molecule has 4 amide bonds. The van der Waals surface area contributed by atoms with Crippen LogP contribution < -0.4 is 21.3 Å². The van der Waals surface area contributed by atoms with Crippen molar-refractivity contribution in [1.29, 1.82) is 0 Å². The zero-order valence-electron chi connectivity index (χ0n) is 20.4. The third-order valence-corrected chi connectivity index (χ3v) is 7.54. The van der Waals surface area contributed by atoms with Crippen LogP contribution in [-0.2, 0) is 33.5 Å². The molecule has 3 aromatic rings. The van der Waals surface area contributed by atoms with Gasteiger partial charge in [-0.2, -0.15) is 13.2 Å². The predicted octanol–water partition coefficient (Wildman–Crippen LogP) is 3.43. The van der Waals surface area contributed by atoms with Crippen molar-refractivity contribution in [2.75, 3.05) is 12.4 Å². The Bertz CT molecular complexity index is 1530. The first-order valence-corrected chi connectivity index (χ1v) is 13.0. The van der Waals surface area contributed by atoms with Crippen LogP contribution in [0.4, 0.5) is 18.9 Å². The third-order valence-electron chi connectivity index (χ3n) is 5.54. The number of nitrogens with one attached hydrogen (secondary N) is 4. The highest BCUT2D eigenvalue weighted by Crippen LogP contribution is 2.37. The molecule has 0 bridgehead atoms. The van der Waals surface area contributed by atoms with Crippen molar-refractivity contribution in [3.05, 3.63) is 85.0 Å². The van der Waals surface area contributed by atoms with Crippen LogP contribution in [0.15, 0.2) is 53.7 Å². The number of benzene rings is 1. The number of carbonyl (C=O) groups is 5. The smallest absolute Gasteiger partial charge is 0.418 e. The Hall–Kier alpha value is -4.50. The van der Waals surface area contributed by atoms with Gasteiger partial charge in [0, 0.05) is 18.4 Å². The summed E-state index contributed by atoms with van der Waals surface area (Å²) in [4.78, 5) is 60.6. The zero-order chi connectivity index (χ0) is 29.0. The van der Waals surface area contributed by atoms with Crippen LogP contribution in [0.5, 0.6) is 0 Å². The van der Waals surface area contributed by atoms with E-state index in [1.165, 1.54) is 6.07 Å². The molecular weight excluding hydrogens is 573 g/mol. The highest BCUT2D eigenvalue weighted by Gasteiger charge is 2.38. The summed E-state index contributed by atoms with van der Waals surface area (Å²) in [5.41, 5.74) is -0.156. The van der Waals surface area contributed by atoms with Gasteiger partial charge in [-0.15, -0.1) is 22.7 Å². The highest BCUT2D eigenvalue weighted by atomic mass is 32.1. The normalized spacial score (nSPS) is 12.8. The summed E-state index contributed by atoms with van der Waals surface area (Å²) in [7, 11) is 0.978. The molecule has 0 saturated heterocycles. The number of halogens is 3. The van der Waals surface area contributed by atoms with Gasteiger partial charge in [-0.3, -0.25) is 19.2 Å². The van der Waals surface area contributed by atoms with E-state index in [9.17, 15) is 37.1 Å². The second-order valence-electron chi connectivity index (χ2n) is 8.16. The minimum atomic E-state index is -5.00. The van der Waals surface area contributed by atoms with Crippen LogP contribution in [0, 0.1) is 0 Å². The molecule has 3 heterocycles. The number of esters is 1. The zero-order valence-corrected chi connectivity index (χ0v) is 22.1. The average molecular weight is 593 g/mol. The molecular formula is C25H19F3N4O6S2. The van der Waals surface area contributed by atoms with E-state index in [0.29, 0.717) is 22.9 Å². The predicted molar refractivity (Wildman–Crippen MR) is 139 cm³/mol. The van der Waals surface area contributed by atoms with E-state index in [-0.39, 0.29) is 35.1 Å². The maximum absolute atomic E-state index is 13.8. The summed E-state index contributed by atoms with van der Waals surface area (Å²) in [5.74, 6) is -4.20. The molecule has 0 spiro atoms. The van der Waals surface area contributed by atoms with Gasteiger partial charge in [-0.25, -0.2) is 4.79 Å². The minimum Gasteiger partial charge on any atom is -0.464 e.